The lowest BCUT2D eigenvalue weighted by Crippen LogP contribution is -2.25. The first-order valence-electron chi connectivity index (χ1n) is 5.74. The molecule has 92 valence electrons. The Hall–Kier alpha value is -1.60. The number of rotatable bonds is 5. The van der Waals surface area contributed by atoms with E-state index in [1.807, 2.05) is 32.7 Å². The minimum Gasteiger partial charge on any atom is -0.377 e. The Balaban J connectivity index is 2.65. The summed E-state index contributed by atoms with van der Waals surface area (Å²) < 4.78 is 5.49. The Labute approximate surface area is 103 Å². The van der Waals surface area contributed by atoms with Crippen molar-refractivity contribution in [3.05, 3.63) is 23.4 Å². The first-order chi connectivity index (χ1) is 8.02. The van der Waals surface area contributed by atoms with Crippen LogP contribution in [0.5, 0.6) is 0 Å². The normalized spacial score (nSPS) is 10.4. The van der Waals surface area contributed by atoms with E-state index in [9.17, 15) is 0 Å². The number of anilines is 1. The van der Waals surface area contributed by atoms with Gasteiger partial charge in [0.25, 0.3) is 0 Å². The van der Waals surface area contributed by atoms with Crippen molar-refractivity contribution in [3.8, 4) is 6.07 Å². The molecule has 1 heterocycles. The van der Waals surface area contributed by atoms with Crippen LogP contribution in [0.2, 0.25) is 0 Å². The number of pyridine rings is 1. The second-order valence-corrected chi connectivity index (χ2v) is 4.31. The van der Waals surface area contributed by atoms with Crippen molar-refractivity contribution in [2.75, 3.05) is 25.1 Å². The third kappa shape index (κ3) is 4.41. The largest absolute Gasteiger partial charge is 0.377 e. The number of hydrogen-bond donors (Lipinski definition) is 0. The lowest BCUT2D eigenvalue weighted by Gasteiger charge is -2.19. The fourth-order valence-corrected chi connectivity index (χ4v) is 1.45. The first kappa shape index (κ1) is 13.5. The molecule has 4 heteroatoms. The van der Waals surface area contributed by atoms with Crippen LogP contribution in [0.15, 0.2) is 12.1 Å². The minimum atomic E-state index is 0.239. The number of hydrogen-bond acceptors (Lipinski definition) is 4. The molecule has 1 aromatic rings. The summed E-state index contributed by atoms with van der Waals surface area (Å²) in [7, 11) is 1.95. The second-order valence-electron chi connectivity index (χ2n) is 4.31. The summed E-state index contributed by atoms with van der Waals surface area (Å²) in [5, 5.41) is 8.90. The number of ether oxygens (including phenoxy) is 1. The maximum absolute atomic E-state index is 8.90. The van der Waals surface area contributed by atoms with Crippen molar-refractivity contribution < 1.29 is 4.74 Å². The van der Waals surface area contributed by atoms with Crippen LogP contribution in [0.3, 0.4) is 0 Å². The Bertz CT molecular complexity index is 410. The van der Waals surface area contributed by atoms with Gasteiger partial charge in [-0.3, -0.25) is 0 Å². The third-order valence-electron chi connectivity index (χ3n) is 2.34. The van der Waals surface area contributed by atoms with E-state index in [2.05, 4.69) is 11.1 Å². The highest BCUT2D eigenvalue weighted by Gasteiger charge is 2.05. The minimum absolute atomic E-state index is 0.239. The average molecular weight is 233 g/mol. The standard InChI is InChI=1S/C13H19N3O/c1-10(2)17-6-5-16(4)13-8-12(9-14)7-11(3)15-13/h7-8,10H,5-6H2,1-4H3. The molecule has 1 aromatic heterocycles. The molecule has 0 amide bonds. The molecule has 17 heavy (non-hydrogen) atoms. The Morgan fingerprint density at radius 3 is 2.76 bits per heavy atom. The van der Waals surface area contributed by atoms with Crippen LogP contribution in [-0.4, -0.2) is 31.3 Å². The number of nitrogens with zero attached hydrogens (tertiary/aromatic N) is 3. The van der Waals surface area contributed by atoms with Crippen molar-refractivity contribution >= 4 is 5.82 Å². The predicted octanol–water partition coefficient (Wildman–Crippen LogP) is 2.12. The molecule has 0 saturated heterocycles. The summed E-state index contributed by atoms with van der Waals surface area (Å²) >= 11 is 0. The van der Waals surface area contributed by atoms with Crippen LogP contribution in [0.25, 0.3) is 0 Å². The van der Waals surface area contributed by atoms with Gasteiger partial charge in [-0.1, -0.05) is 0 Å². The van der Waals surface area contributed by atoms with Gasteiger partial charge in [0.15, 0.2) is 0 Å². The molecule has 0 atom stereocenters. The van der Waals surface area contributed by atoms with E-state index in [0.717, 1.165) is 18.1 Å². The van der Waals surface area contributed by atoms with Crippen molar-refractivity contribution in [3.63, 3.8) is 0 Å². The van der Waals surface area contributed by atoms with E-state index in [-0.39, 0.29) is 6.10 Å². The molecule has 0 saturated carbocycles. The second kappa shape index (κ2) is 6.21. The van der Waals surface area contributed by atoms with Crippen LogP contribution in [0, 0.1) is 18.3 Å². The quantitative estimate of drug-likeness (QED) is 0.781. The van der Waals surface area contributed by atoms with Crippen LogP contribution in [-0.2, 0) is 4.74 Å². The summed E-state index contributed by atoms with van der Waals surface area (Å²) in [6.07, 6.45) is 0.239. The lowest BCUT2D eigenvalue weighted by molar-refractivity contribution is 0.0845. The predicted molar refractivity (Wildman–Crippen MR) is 68.0 cm³/mol. The van der Waals surface area contributed by atoms with Gasteiger partial charge in [-0.25, -0.2) is 4.98 Å². The molecule has 0 radical (unpaired) electrons. The van der Waals surface area contributed by atoms with Gasteiger partial charge < -0.3 is 9.64 Å². The zero-order chi connectivity index (χ0) is 12.8. The fourth-order valence-electron chi connectivity index (χ4n) is 1.45. The first-order valence-corrected chi connectivity index (χ1v) is 5.74. The van der Waals surface area contributed by atoms with Crippen molar-refractivity contribution in [1.82, 2.24) is 4.98 Å². The van der Waals surface area contributed by atoms with Crippen molar-refractivity contribution in [2.45, 2.75) is 26.9 Å². The molecule has 1 rings (SSSR count). The van der Waals surface area contributed by atoms with Gasteiger partial charge in [0.05, 0.1) is 24.3 Å². The summed E-state index contributed by atoms with van der Waals surface area (Å²) in [6.45, 7) is 7.34. The highest BCUT2D eigenvalue weighted by atomic mass is 16.5. The van der Waals surface area contributed by atoms with Gasteiger partial charge in [0.2, 0.25) is 0 Å². The molecule has 4 nitrogen and oxygen atoms in total. The number of likely N-dealkylation sites (N-methyl/N-ethyl adjacent to an activating group) is 1. The highest BCUT2D eigenvalue weighted by molar-refractivity contribution is 5.45. The molecular formula is C13H19N3O. The Kier molecular flexibility index (Phi) is 4.92. The Morgan fingerprint density at radius 2 is 2.18 bits per heavy atom. The number of nitriles is 1. The van der Waals surface area contributed by atoms with Gasteiger partial charge in [-0.15, -0.1) is 0 Å². The Morgan fingerprint density at radius 1 is 1.47 bits per heavy atom. The molecule has 0 aliphatic heterocycles. The summed E-state index contributed by atoms with van der Waals surface area (Å²) in [5.74, 6) is 0.814. The van der Waals surface area contributed by atoms with E-state index >= 15 is 0 Å². The molecule has 0 bridgehead atoms. The summed E-state index contributed by atoms with van der Waals surface area (Å²) in [5.41, 5.74) is 1.50. The smallest absolute Gasteiger partial charge is 0.129 e. The number of aryl methyl sites for hydroxylation is 1. The summed E-state index contributed by atoms with van der Waals surface area (Å²) in [4.78, 5) is 6.39. The summed E-state index contributed by atoms with van der Waals surface area (Å²) in [6, 6.07) is 5.71. The van der Waals surface area contributed by atoms with Crippen molar-refractivity contribution in [1.29, 1.82) is 5.26 Å². The maximum atomic E-state index is 8.90. The monoisotopic (exact) mass is 233 g/mol. The van der Waals surface area contributed by atoms with E-state index < -0.39 is 0 Å². The van der Waals surface area contributed by atoms with Gasteiger partial charge in [0.1, 0.15) is 5.82 Å². The van der Waals surface area contributed by atoms with E-state index in [1.54, 1.807) is 12.1 Å². The van der Waals surface area contributed by atoms with Crippen molar-refractivity contribution in [2.24, 2.45) is 0 Å². The highest BCUT2D eigenvalue weighted by Crippen LogP contribution is 2.12. The molecule has 0 aromatic carbocycles. The maximum Gasteiger partial charge on any atom is 0.129 e. The SMILES string of the molecule is Cc1cc(C#N)cc(N(C)CCOC(C)C)n1. The van der Waals surface area contributed by atoms with E-state index in [4.69, 9.17) is 10.00 Å². The number of aromatic nitrogens is 1. The molecule has 0 aliphatic carbocycles. The van der Waals surface area contributed by atoms with E-state index in [0.29, 0.717) is 12.2 Å². The van der Waals surface area contributed by atoms with Gasteiger partial charge in [0, 0.05) is 19.3 Å². The van der Waals surface area contributed by atoms with E-state index in [1.165, 1.54) is 0 Å². The molecule has 0 unspecified atom stereocenters. The average Bonchev–Trinajstić information content (AvgIpc) is 2.27. The zero-order valence-electron chi connectivity index (χ0n) is 10.9. The van der Waals surface area contributed by atoms with Crippen LogP contribution >= 0.6 is 0 Å². The molecule has 0 N–H and O–H groups in total. The third-order valence-corrected chi connectivity index (χ3v) is 2.34. The van der Waals surface area contributed by atoms with Crippen LogP contribution < -0.4 is 4.90 Å². The molecule has 0 spiro atoms. The lowest BCUT2D eigenvalue weighted by atomic mass is 10.2. The van der Waals surface area contributed by atoms with Crippen LogP contribution in [0.4, 0.5) is 5.82 Å². The topological polar surface area (TPSA) is 49.2 Å². The molecule has 0 fully saturated rings. The van der Waals surface area contributed by atoms with Crippen LogP contribution in [0.1, 0.15) is 25.1 Å². The van der Waals surface area contributed by atoms with Gasteiger partial charge >= 0.3 is 0 Å². The molecular weight excluding hydrogens is 214 g/mol. The zero-order valence-corrected chi connectivity index (χ0v) is 10.9. The molecule has 0 aliphatic rings. The van der Waals surface area contributed by atoms with Gasteiger partial charge in [-0.05, 0) is 32.9 Å². The van der Waals surface area contributed by atoms with Gasteiger partial charge in [-0.2, -0.15) is 5.26 Å². The fraction of sp³-hybridized carbons (Fsp3) is 0.538.